The molecular weight excluding hydrogens is 212 g/mol. The largest absolute Gasteiger partial charge is 0.330 e. The van der Waals surface area contributed by atoms with E-state index in [9.17, 15) is 0 Å². The number of nitriles is 1. The lowest BCUT2D eigenvalue weighted by Crippen LogP contribution is -2.37. The fourth-order valence-corrected chi connectivity index (χ4v) is 1.78. The fraction of sp³-hybridized carbons (Fsp3) is 0.231. The summed E-state index contributed by atoms with van der Waals surface area (Å²) in [7, 11) is 0. The maximum Gasteiger partial charge on any atom is 0.242 e. The molecule has 4 nitrogen and oxygen atoms in total. The highest BCUT2D eigenvalue weighted by molar-refractivity contribution is 5.31. The van der Waals surface area contributed by atoms with Crippen molar-refractivity contribution in [2.75, 3.05) is 6.54 Å². The molecule has 0 saturated heterocycles. The summed E-state index contributed by atoms with van der Waals surface area (Å²) in [6.45, 7) is 1.44. The van der Waals surface area contributed by atoms with E-state index < -0.39 is 0 Å². The number of benzene rings is 1. The van der Waals surface area contributed by atoms with E-state index >= 15 is 0 Å². The Morgan fingerprint density at radius 1 is 1.29 bits per heavy atom. The lowest BCUT2D eigenvalue weighted by Gasteiger charge is -2.01. The second-order valence-electron chi connectivity index (χ2n) is 3.91. The van der Waals surface area contributed by atoms with Gasteiger partial charge in [0.2, 0.25) is 6.33 Å². The molecule has 0 spiro atoms. The van der Waals surface area contributed by atoms with Gasteiger partial charge in [0.15, 0.2) is 0 Å². The van der Waals surface area contributed by atoms with Gasteiger partial charge < -0.3 is 5.73 Å². The summed E-state index contributed by atoms with van der Waals surface area (Å²) in [6, 6.07) is 9.75. The topological polar surface area (TPSA) is 69.5 Å². The van der Waals surface area contributed by atoms with Crippen LogP contribution >= 0.6 is 0 Å². The summed E-state index contributed by atoms with van der Waals surface area (Å²) in [5.41, 5.74) is 8.61. The summed E-state index contributed by atoms with van der Waals surface area (Å²) in [6.07, 6.45) is 4.76. The third-order valence-electron chi connectivity index (χ3n) is 2.69. The molecule has 0 saturated carbocycles. The van der Waals surface area contributed by atoms with Crippen LogP contribution in [0.3, 0.4) is 0 Å². The van der Waals surface area contributed by atoms with E-state index in [-0.39, 0.29) is 0 Å². The maximum absolute atomic E-state index is 8.73. The molecule has 4 heteroatoms. The lowest BCUT2D eigenvalue weighted by molar-refractivity contribution is -0.694. The highest BCUT2D eigenvalue weighted by Gasteiger charge is 2.08. The van der Waals surface area contributed by atoms with Crippen molar-refractivity contribution in [3.63, 3.8) is 0 Å². The van der Waals surface area contributed by atoms with Crippen LogP contribution < -0.4 is 10.3 Å². The number of hydrogen-bond acceptors (Lipinski definition) is 2. The normalized spacial score (nSPS) is 10.1. The van der Waals surface area contributed by atoms with Crippen LogP contribution in [0, 0.1) is 11.3 Å². The zero-order valence-electron chi connectivity index (χ0n) is 9.56. The number of nitrogens with one attached hydrogen (secondary N) is 1. The molecule has 86 valence electrons. The van der Waals surface area contributed by atoms with Crippen molar-refractivity contribution in [1.82, 2.24) is 4.98 Å². The van der Waals surface area contributed by atoms with Crippen molar-refractivity contribution < 1.29 is 4.57 Å². The second kappa shape index (κ2) is 5.28. The number of H-pyrrole nitrogens is 1. The van der Waals surface area contributed by atoms with Gasteiger partial charge in [-0.2, -0.15) is 5.26 Å². The van der Waals surface area contributed by atoms with Gasteiger partial charge in [0.1, 0.15) is 18.4 Å². The van der Waals surface area contributed by atoms with Gasteiger partial charge in [0, 0.05) is 6.42 Å². The van der Waals surface area contributed by atoms with Crippen molar-refractivity contribution >= 4 is 0 Å². The van der Waals surface area contributed by atoms with Crippen LogP contribution in [0.4, 0.5) is 0 Å². The van der Waals surface area contributed by atoms with Crippen LogP contribution in [0.25, 0.3) is 0 Å². The lowest BCUT2D eigenvalue weighted by atomic mass is 10.1. The van der Waals surface area contributed by atoms with Gasteiger partial charge in [0.05, 0.1) is 11.6 Å². The number of aromatic nitrogens is 2. The van der Waals surface area contributed by atoms with Gasteiger partial charge in [-0.3, -0.25) is 0 Å². The Morgan fingerprint density at radius 2 is 2.06 bits per heavy atom. The van der Waals surface area contributed by atoms with Crippen molar-refractivity contribution in [3.05, 3.63) is 53.6 Å². The van der Waals surface area contributed by atoms with Crippen molar-refractivity contribution in [2.45, 2.75) is 13.0 Å². The van der Waals surface area contributed by atoms with E-state index in [1.165, 1.54) is 11.3 Å². The van der Waals surface area contributed by atoms with E-state index in [1.54, 1.807) is 0 Å². The molecule has 0 atom stereocenters. The summed E-state index contributed by atoms with van der Waals surface area (Å²) in [4.78, 5) is 3.08. The molecule has 0 bridgehead atoms. The van der Waals surface area contributed by atoms with Crippen molar-refractivity contribution in [3.8, 4) is 6.07 Å². The molecule has 17 heavy (non-hydrogen) atoms. The summed E-state index contributed by atoms with van der Waals surface area (Å²) >= 11 is 0. The number of rotatable bonds is 4. The summed E-state index contributed by atoms with van der Waals surface area (Å²) < 4.78 is 2.13. The average molecular weight is 227 g/mol. The smallest absolute Gasteiger partial charge is 0.242 e. The molecule has 1 heterocycles. The number of aromatic amines is 1. The monoisotopic (exact) mass is 227 g/mol. The predicted octanol–water partition coefficient (Wildman–Crippen LogP) is 0.723. The van der Waals surface area contributed by atoms with Gasteiger partial charge >= 0.3 is 0 Å². The standard InChI is InChI=1S/C13H14N4/c14-6-5-13-8-16-10-17(13)9-12-3-1-11(7-15)2-4-12/h1-4,8,10H,5-6,9,14H2/p+1. The minimum atomic E-state index is 0.644. The van der Waals surface area contributed by atoms with Gasteiger partial charge in [0.25, 0.3) is 0 Å². The number of imidazole rings is 1. The second-order valence-corrected chi connectivity index (χ2v) is 3.91. The van der Waals surface area contributed by atoms with Gasteiger partial charge in [-0.1, -0.05) is 12.1 Å². The third kappa shape index (κ3) is 2.71. The average Bonchev–Trinajstić information content (AvgIpc) is 2.78. The highest BCUT2D eigenvalue weighted by Crippen LogP contribution is 2.03. The Balaban J connectivity index is 2.14. The first-order valence-corrected chi connectivity index (χ1v) is 5.57. The maximum atomic E-state index is 8.73. The van der Waals surface area contributed by atoms with E-state index in [2.05, 4.69) is 15.6 Å². The Kier molecular flexibility index (Phi) is 3.53. The van der Waals surface area contributed by atoms with Crippen molar-refractivity contribution in [1.29, 1.82) is 5.26 Å². The molecule has 0 aliphatic carbocycles. The number of hydrogen-bond donors (Lipinski definition) is 2. The fourth-order valence-electron chi connectivity index (χ4n) is 1.78. The Bertz CT molecular complexity index is 519. The SMILES string of the molecule is N#Cc1ccc(C[n+]2c[nH]cc2CCN)cc1. The minimum absolute atomic E-state index is 0.644. The molecule has 0 amide bonds. The summed E-state index contributed by atoms with van der Waals surface area (Å²) in [5, 5.41) is 8.73. The Morgan fingerprint density at radius 3 is 2.71 bits per heavy atom. The zero-order valence-corrected chi connectivity index (χ0v) is 9.56. The first-order chi connectivity index (χ1) is 8.33. The zero-order chi connectivity index (χ0) is 12.1. The van der Waals surface area contributed by atoms with E-state index in [0.717, 1.165) is 13.0 Å². The Labute approximate surface area is 100 Å². The van der Waals surface area contributed by atoms with Gasteiger partial charge in [-0.05, 0) is 24.2 Å². The highest BCUT2D eigenvalue weighted by atomic mass is 15.0. The van der Waals surface area contributed by atoms with E-state index in [0.29, 0.717) is 12.1 Å². The van der Waals surface area contributed by atoms with Crippen LogP contribution in [0.15, 0.2) is 36.8 Å². The molecule has 0 fully saturated rings. The molecule has 2 rings (SSSR count). The molecule has 1 aromatic carbocycles. The predicted molar refractivity (Wildman–Crippen MR) is 64.0 cm³/mol. The first kappa shape index (κ1) is 11.4. The molecule has 1 aromatic heterocycles. The van der Waals surface area contributed by atoms with Crippen LogP contribution in [-0.4, -0.2) is 11.5 Å². The number of nitrogens with two attached hydrogens (primary N) is 1. The molecule has 0 aliphatic rings. The first-order valence-electron chi connectivity index (χ1n) is 5.57. The molecule has 0 radical (unpaired) electrons. The third-order valence-corrected chi connectivity index (χ3v) is 2.69. The van der Waals surface area contributed by atoms with Crippen molar-refractivity contribution in [2.24, 2.45) is 5.73 Å². The molecule has 2 aromatic rings. The Hall–Kier alpha value is -2.12. The molecule has 0 unspecified atom stereocenters. The van der Waals surface area contributed by atoms with Crippen LogP contribution in [0.5, 0.6) is 0 Å². The van der Waals surface area contributed by atoms with Crippen LogP contribution in [0.1, 0.15) is 16.8 Å². The number of nitrogens with zero attached hydrogens (tertiary/aromatic N) is 2. The summed E-state index contributed by atoms with van der Waals surface area (Å²) in [5.74, 6) is 0. The molecule has 0 aliphatic heterocycles. The van der Waals surface area contributed by atoms with E-state index in [4.69, 9.17) is 11.0 Å². The quantitative estimate of drug-likeness (QED) is 0.756. The van der Waals surface area contributed by atoms with E-state index in [1.807, 2.05) is 36.8 Å². The molecular formula is C13H15N4+. The van der Waals surface area contributed by atoms with Crippen LogP contribution in [0.2, 0.25) is 0 Å². The van der Waals surface area contributed by atoms with Crippen LogP contribution in [-0.2, 0) is 13.0 Å². The molecule has 3 N–H and O–H groups in total. The van der Waals surface area contributed by atoms with Gasteiger partial charge in [-0.15, -0.1) is 0 Å². The minimum Gasteiger partial charge on any atom is -0.330 e. The van der Waals surface area contributed by atoms with Gasteiger partial charge in [-0.25, -0.2) is 9.55 Å².